The van der Waals surface area contributed by atoms with Crippen molar-refractivity contribution >= 4 is 17.2 Å². The van der Waals surface area contributed by atoms with E-state index in [2.05, 4.69) is 4.98 Å². The van der Waals surface area contributed by atoms with Gasteiger partial charge in [0.2, 0.25) is 0 Å². The molecule has 0 saturated heterocycles. The second kappa shape index (κ2) is 6.16. The zero-order valence-corrected chi connectivity index (χ0v) is 10.9. The summed E-state index contributed by atoms with van der Waals surface area (Å²) in [7, 11) is 1.75. The van der Waals surface area contributed by atoms with Crippen molar-refractivity contribution in [1.82, 2.24) is 9.88 Å². The van der Waals surface area contributed by atoms with E-state index in [9.17, 15) is 4.79 Å². The van der Waals surface area contributed by atoms with Gasteiger partial charge in [-0.25, -0.2) is 4.98 Å². The van der Waals surface area contributed by atoms with E-state index >= 15 is 0 Å². The Hall–Kier alpha value is -1.88. The van der Waals surface area contributed by atoms with Crippen LogP contribution in [0.1, 0.15) is 5.01 Å². The molecule has 4 nitrogen and oxygen atoms in total. The van der Waals surface area contributed by atoms with Crippen molar-refractivity contribution in [2.75, 3.05) is 13.7 Å². The van der Waals surface area contributed by atoms with Gasteiger partial charge in [0.25, 0.3) is 5.91 Å². The second-order valence-corrected chi connectivity index (χ2v) is 4.76. The topological polar surface area (TPSA) is 42.4 Å². The lowest BCUT2D eigenvalue weighted by molar-refractivity contribution is -0.132. The van der Waals surface area contributed by atoms with Gasteiger partial charge in [-0.2, -0.15) is 0 Å². The number of para-hydroxylation sites is 1. The Morgan fingerprint density at radius 3 is 2.83 bits per heavy atom. The lowest BCUT2D eigenvalue weighted by Gasteiger charge is -2.15. The summed E-state index contributed by atoms with van der Waals surface area (Å²) in [5.74, 6) is 0.641. The number of ether oxygens (including phenoxy) is 1. The summed E-state index contributed by atoms with van der Waals surface area (Å²) in [4.78, 5) is 17.6. The van der Waals surface area contributed by atoms with Crippen LogP contribution in [0.4, 0.5) is 0 Å². The number of carbonyl (C=O) groups excluding carboxylic acids is 1. The monoisotopic (exact) mass is 262 g/mol. The van der Waals surface area contributed by atoms with E-state index in [0.717, 1.165) is 5.01 Å². The van der Waals surface area contributed by atoms with Gasteiger partial charge in [0.1, 0.15) is 10.8 Å². The van der Waals surface area contributed by atoms with Crippen molar-refractivity contribution in [3.8, 4) is 5.75 Å². The highest BCUT2D eigenvalue weighted by molar-refractivity contribution is 7.09. The summed E-state index contributed by atoms with van der Waals surface area (Å²) in [6.45, 7) is 0.570. The van der Waals surface area contributed by atoms with Crippen LogP contribution in [0.15, 0.2) is 41.9 Å². The largest absolute Gasteiger partial charge is 0.484 e. The molecule has 0 spiro atoms. The average Bonchev–Trinajstić information content (AvgIpc) is 2.90. The van der Waals surface area contributed by atoms with E-state index in [0.29, 0.717) is 12.3 Å². The minimum Gasteiger partial charge on any atom is -0.484 e. The quantitative estimate of drug-likeness (QED) is 0.829. The summed E-state index contributed by atoms with van der Waals surface area (Å²) in [6.07, 6.45) is 1.73. The van der Waals surface area contributed by atoms with Crippen LogP contribution in [0, 0.1) is 0 Å². The number of carbonyl (C=O) groups is 1. The van der Waals surface area contributed by atoms with Crippen LogP contribution in [0.2, 0.25) is 0 Å². The first-order chi connectivity index (χ1) is 8.75. The third-order valence-corrected chi connectivity index (χ3v) is 3.15. The molecule has 1 heterocycles. The maximum absolute atomic E-state index is 11.8. The molecular weight excluding hydrogens is 248 g/mol. The minimum atomic E-state index is -0.0611. The summed E-state index contributed by atoms with van der Waals surface area (Å²) in [6, 6.07) is 9.31. The van der Waals surface area contributed by atoms with Crippen LogP contribution in [-0.2, 0) is 11.3 Å². The number of rotatable bonds is 5. The molecule has 0 radical (unpaired) electrons. The summed E-state index contributed by atoms with van der Waals surface area (Å²) >= 11 is 1.54. The van der Waals surface area contributed by atoms with Gasteiger partial charge in [-0.15, -0.1) is 11.3 Å². The zero-order valence-electron chi connectivity index (χ0n) is 10.1. The number of nitrogens with zero attached hydrogens (tertiary/aromatic N) is 2. The Kier molecular flexibility index (Phi) is 4.30. The third kappa shape index (κ3) is 3.56. The standard InChI is InChI=1S/C13H14N2O2S/c1-15(9-12-14-7-8-18-12)13(16)10-17-11-5-3-2-4-6-11/h2-8H,9-10H2,1H3. The molecular formula is C13H14N2O2S. The molecule has 0 saturated carbocycles. The Bertz CT molecular complexity index is 485. The van der Waals surface area contributed by atoms with Crippen LogP contribution in [0.3, 0.4) is 0 Å². The van der Waals surface area contributed by atoms with Gasteiger partial charge in [0, 0.05) is 18.6 Å². The van der Waals surface area contributed by atoms with E-state index < -0.39 is 0 Å². The summed E-state index contributed by atoms with van der Waals surface area (Å²) in [5, 5.41) is 2.82. The SMILES string of the molecule is CN(Cc1nccs1)C(=O)COc1ccccc1. The maximum atomic E-state index is 11.8. The van der Waals surface area contributed by atoms with Crippen LogP contribution in [0.5, 0.6) is 5.75 Å². The molecule has 2 rings (SSSR count). The Labute approximate surface area is 110 Å². The van der Waals surface area contributed by atoms with Gasteiger partial charge in [-0.3, -0.25) is 4.79 Å². The first kappa shape index (κ1) is 12.6. The van der Waals surface area contributed by atoms with Crippen LogP contribution < -0.4 is 4.74 Å². The average molecular weight is 262 g/mol. The van der Waals surface area contributed by atoms with Gasteiger partial charge >= 0.3 is 0 Å². The molecule has 0 aliphatic heterocycles. The van der Waals surface area contributed by atoms with E-state index in [1.807, 2.05) is 35.7 Å². The van der Waals surface area contributed by atoms with Crippen LogP contribution in [-0.4, -0.2) is 29.4 Å². The van der Waals surface area contributed by atoms with Crippen molar-refractivity contribution in [3.05, 3.63) is 46.9 Å². The Morgan fingerprint density at radius 2 is 2.17 bits per heavy atom. The molecule has 2 aromatic rings. The molecule has 0 fully saturated rings. The fraction of sp³-hybridized carbons (Fsp3) is 0.231. The first-order valence-electron chi connectivity index (χ1n) is 5.56. The molecule has 5 heteroatoms. The van der Waals surface area contributed by atoms with Crippen molar-refractivity contribution < 1.29 is 9.53 Å². The molecule has 94 valence electrons. The predicted molar refractivity (Wildman–Crippen MR) is 70.5 cm³/mol. The highest BCUT2D eigenvalue weighted by Crippen LogP contribution is 2.10. The first-order valence-corrected chi connectivity index (χ1v) is 6.44. The predicted octanol–water partition coefficient (Wildman–Crippen LogP) is 2.18. The molecule has 0 aliphatic carbocycles. The molecule has 0 N–H and O–H groups in total. The highest BCUT2D eigenvalue weighted by atomic mass is 32.1. The van der Waals surface area contributed by atoms with Crippen molar-refractivity contribution in [1.29, 1.82) is 0 Å². The van der Waals surface area contributed by atoms with E-state index in [1.54, 1.807) is 18.1 Å². The zero-order chi connectivity index (χ0) is 12.8. The number of thiazole rings is 1. The Balaban J connectivity index is 1.81. The molecule has 0 aliphatic rings. The smallest absolute Gasteiger partial charge is 0.260 e. The van der Waals surface area contributed by atoms with Gasteiger partial charge in [-0.05, 0) is 12.1 Å². The number of hydrogen-bond donors (Lipinski definition) is 0. The molecule has 18 heavy (non-hydrogen) atoms. The van der Waals surface area contributed by atoms with Crippen molar-refractivity contribution in [3.63, 3.8) is 0 Å². The second-order valence-electron chi connectivity index (χ2n) is 3.78. The fourth-order valence-electron chi connectivity index (χ4n) is 1.39. The summed E-state index contributed by atoms with van der Waals surface area (Å²) in [5.41, 5.74) is 0. The lowest BCUT2D eigenvalue weighted by Crippen LogP contribution is -2.30. The van der Waals surface area contributed by atoms with Crippen LogP contribution >= 0.6 is 11.3 Å². The number of amides is 1. The molecule has 0 atom stereocenters. The number of likely N-dealkylation sites (N-methyl/N-ethyl adjacent to an activating group) is 1. The van der Waals surface area contributed by atoms with Crippen LogP contribution in [0.25, 0.3) is 0 Å². The fourth-order valence-corrected chi connectivity index (χ4v) is 2.06. The third-order valence-electron chi connectivity index (χ3n) is 2.39. The summed E-state index contributed by atoms with van der Waals surface area (Å²) < 4.78 is 5.40. The molecule has 1 amide bonds. The van der Waals surface area contributed by atoms with Gasteiger partial charge < -0.3 is 9.64 Å². The van der Waals surface area contributed by atoms with Crippen molar-refractivity contribution in [2.24, 2.45) is 0 Å². The van der Waals surface area contributed by atoms with Gasteiger partial charge in [0.05, 0.1) is 6.54 Å². The van der Waals surface area contributed by atoms with E-state index in [4.69, 9.17) is 4.74 Å². The Morgan fingerprint density at radius 1 is 1.39 bits per heavy atom. The lowest BCUT2D eigenvalue weighted by atomic mass is 10.3. The van der Waals surface area contributed by atoms with E-state index in [1.165, 1.54) is 11.3 Å². The van der Waals surface area contributed by atoms with E-state index in [-0.39, 0.29) is 12.5 Å². The number of benzene rings is 1. The normalized spacial score (nSPS) is 10.1. The molecule has 0 unspecified atom stereocenters. The molecule has 1 aromatic carbocycles. The van der Waals surface area contributed by atoms with Crippen molar-refractivity contribution in [2.45, 2.75) is 6.54 Å². The van der Waals surface area contributed by atoms with Gasteiger partial charge in [-0.1, -0.05) is 18.2 Å². The minimum absolute atomic E-state index is 0.0475. The number of aromatic nitrogens is 1. The maximum Gasteiger partial charge on any atom is 0.260 e. The molecule has 1 aromatic heterocycles. The molecule has 0 bridgehead atoms. The highest BCUT2D eigenvalue weighted by Gasteiger charge is 2.11. The van der Waals surface area contributed by atoms with Gasteiger partial charge in [0.15, 0.2) is 6.61 Å². The number of hydrogen-bond acceptors (Lipinski definition) is 4.